The van der Waals surface area contributed by atoms with Crippen LogP contribution in [0.3, 0.4) is 0 Å². The van der Waals surface area contributed by atoms with Crippen LogP contribution in [0.5, 0.6) is 0 Å². The maximum Gasteiger partial charge on any atom is 0.327 e. The van der Waals surface area contributed by atoms with Gasteiger partial charge in [0.2, 0.25) is 0 Å². The fourth-order valence-corrected chi connectivity index (χ4v) is 3.73. The number of nitrogens with one attached hydrogen (secondary N) is 1. The smallest absolute Gasteiger partial charge is 0.305 e. The van der Waals surface area contributed by atoms with E-state index in [1.807, 2.05) is 30.0 Å². The molecule has 0 radical (unpaired) electrons. The molecule has 0 amide bonds. The Hall–Kier alpha value is -0.870. The van der Waals surface area contributed by atoms with Crippen molar-refractivity contribution >= 4 is 34.4 Å². The van der Waals surface area contributed by atoms with E-state index in [0.717, 1.165) is 23.2 Å². The molecule has 1 saturated heterocycles. The van der Waals surface area contributed by atoms with Gasteiger partial charge < -0.3 is 4.98 Å². The normalized spacial score (nSPS) is 20.7. The van der Waals surface area contributed by atoms with Gasteiger partial charge in [-0.1, -0.05) is 17.7 Å². The number of rotatable bonds is 1. The van der Waals surface area contributed by atoms with Crippen molar-refractivity contribution in [3.05, 3.63) is 33.7 Å². The van der Waals surface area contributed by atoms with Gasteiger partial charge in [-0.15, -0.1) is 11.8 Å². The van der Waals surface area contributed by atoms with Crippen molar-refractivity contribution in [2.24, 2.45) is 0 Å². The lowest BCUT2D eigenvalue weighted by atomic mass is 10.3. The fourth-order valence-electron chi connectivity index (χ4n) is 2.18. The van der Waals surface area contributed by atoms with E-state index in [4.69, 9.17) is 11.6 Å². The van der Waals surface area contributed by atoms with Crippen LogP contribution < -0.4 is 5.69 Å². The van der Waals surface area contributed by atoms with E-state index in [9.17, 15) is 4.79 Å². The first kappa shape index (κ1) is 10.3. The second-order valence-electron chi connectivity index (χ2n) is 3.90. The SMILES string of the molecule is O=c1[nH]c2cccc(Cl)c2n1C1CCCS1. The molecule has 0 saturated carbocycles. The standard InChI is InChI=1S/C11H11ClN2OS/c12-7-3-1-4-8-10(7)14(11(15)13-8)9-5-2-6-16-9/h1,3-4,9H,2,5-6H2,(H,13,15). The molecule has 3 rings (SSSR count). The van der Waals surface area contributed by atoms with Gasteiger partial charge in [-0.05, 0) is 30.7 Å². The first-order chi connectivity index (χ1) is 7.77. The van der Waals surface area contributed by atoms with E-state index in [1.54, 1.807) is 4.57 Å². The topological polar surface area (TPSA) is 37.8 Å². The Morgan fingerprint density at radius 2 is 2.38 bits per heavy atom. The number of hydrogen-bond donors (Lipinski definition) is 1. The van der Waals surface area contributed by atoms with E-state index >= 15 is 0 Å². The van der Waals surface area contributed by atoms with Crippen molar-refractivity contribution in [2.45, 2.75) is 18.2 Å². The number of H-pyrrole nitrogens is 1. The number of para-hydroxylation sites is 1. The summed E-state index contributed by atoms with van der Waals surface area (Å²) < 4.78 is 1.80. The number of hydrogen-bond acceptors (Lipinski definition) is 2. The summed E-state index contributed by atoms with van der Waals surface area (Å²) in [5.41, 5.74) is 1.61. The molecule has 3 nitrogen and oxygen atoms in total. The molecule has 1 aromatic carbocycles. The largest absolute Gasteiger partial charge is 0.327 e. The van der Waals surface area contributed by atoms with Crippen LogP contribution in [0, 0.1) is 0 Å². The summed E-state index contributed by atoms with van der Waals surface area (Å²) in [6, 6.07) is 5.57. The van der Waals surface area contributed by atoms with E-state index in [-0.39, 0.29) is 11.1 Å². The van der Waals surface area contributed by atoms with Crippen LogP contribution in [-0.2, 0) is 0 Å². The molecule has 0 spiro atoms. The zero-order chi connectivity index (χ0) is 11.1. The number of benzene rings is 1. The summed E-state index contributed by atoms with van der Waals surface area (Å²) in [5, 5.41) is 0.879. The molecule has 1 unspecified atom stereocenters. The molecular formula is C11H11ClN2OS. The minimum absolute atomic E-state index is 0.0532. The van der Waals surface area contributed by atoms with Crippen LogP contribution in [0.2, 0.25) is 5.02 Å². The average molecular weight is 255 g/mol. The van der Waals surface area contributed by atoms with Crippen LogP contribution in [0.4, 0.5) is 0 Å². The molecule has 0 aliphatic carbocycles. The predicted molar refractivity (Wildman–Crippen MR) is 68.3 cm³/mol. The first-order valence-corrected chi connectivity index (χ1v) is 6.70. The molecule has 5 heteroatoms. The van der Waals surface area contributed by atoms with E-state index in [1.165, 1.54) is 6.42 Å². The molecule has 2 aromatic rings. The predicted octanol–water partition coefficient (Wildman–Crippen LogP) is 3.01. The Kier molecular flexibility index (Phi) is 2.48. The van der Waals surface area contributed by atoms with Gasteiger partial charge >= 0.3 is 5.69 Å². The number of aromatic amines is 1. The van der Waals surface area contributed by atoms with Crippen LogP contribution in [0.25, 0.3) is 11.0 Å². The van der Waals surface area contributed by atoms with Crippen molar-refractivity contribution in [1.29, 1.82) is 0 Å². The summed E-state index contributed by atoms with van der Waals surface area (Å²) in [5.74, 6) is 1.12. The number of thioether (sulfide) groups is 1. The molecule has 1 atom stereocenters. The number of aromatic nitrogens is 2. The van der Waals surface area contributed by atoms with Gasteiger partial charge in [0.25, 0.3) is 0 Å². The fraction of sp³-hybridized carbons (Fsp3) is 0.364. The highest BCUT2D eigenvalue weighted by Gasteiger charge is 2.22. The molecule has 1 aromatic heterocycles. The lowest BCUT2D eigenvalue weighted by molar-refractivity contribution is 0.641. The van der Waals surface area contributed by atoms with E-state index < -0.39 is 0 Å². The van der Waals surface area contributed by atoms with E-state index in [0.29, 0.717) is 5.02 Å². The Morgan fingerprint density at radius 3 is 3.12 bits per heavy atom. The third-order valence-electron chi connectivity index (χ3n) is 2.88. The molecule has 1 fully saturated rings. The lowest BCUT2D eigenvalue weighted by Crippen LogP contribution is -2.18. The Balaban J connectivity index is 2.29. The number of imidazole rings is 1. The minimum Gasteiger partial charge on any atom is -0.305 e. The Morgan fingerprint density at radius 1 is 1.50 bits per heavy atom. The molecule has 84 valence electrons. The van der Waals surface area contributed by atoms with Crippen molar-refractivity contribution in [3.8, 4) is 0 Å². The number of nitrogens with zero attached hydrogens (tertiary/aromatic N) is 1. The quantitative estimate of drug-likeness (QED) is 0.850. The van der Waals surface area contributed by atoms with Gasteiger partial charge in [-0.25, -0.2) is 4.79 Å². The molecule has 16 heavy (non-hydrogen) atoms. The van der Waals surface area contributed by atoms with Gasteiger partial charge in [-0.2, -0.15) is 0 Å². The van der Waals surface area contributed by atoms with Crippen LogP contribution in [0.15, 0.2) is 23.0 Å². The van der Waals surface area contributed by atoms with Gasteiger partial charge in [0.1, 0.15) is 0 Å². The zero-order valence-corrected chi connectivity index (χ0v) is 10.1. The molecular weight excluding hydrogens is 244 g/mol. The average Bonchev–Trinajstić information content (AvgIpc) is 2.84. The third kappa shape index (κ3) is 1.48. The third-order valence-corrected chi connectivity index (χ3v) is 4.54. The Bertz CT molecular complexity index is 583. The van der Waals surface area contributed by atoms with E-state index in [2.05, 4.69) is 4.98 Å². The summed E-state index contributed by atoms with van der Waals surface area (Å²) >= 11 is 7.99. The van der Waals surface area contributed by atoms with Crippen molar-refractivity contribution < 1.29 is 0 Å². The van der Waals surface area contributed by atoms with Crippen molar-refractivity contribution in [2.75, 3.05) is 5.75 Å². The maximum absolute atomic E-state index is 11.9. The first-order valence-electron chi connectivity index (χ1n) is 5.28. The molecule has 1 N–H and O–H groups in total. The zero-order valence-electron chi connectivity index (χ0n) is 8.57. The summed E-state index contributed by atoms with van der Waals surface area (Å²) in [6.07, 6.45) is 2.21. The van der Waals surface area contributed by atoms with Crippen molar-refractivity contribution in [1.82, 2.24) is 9.55 Å². The molecule has 1 aliphatic rings. The van der Waals surface area contributed by atoms with Gasteiger partial charge in [0.15, 0.2) is 0 Å². The van der Waals surface area contributed by atoms with Crippen LogP contribution in [-0.4, -0.2) is 15.3 Å². The van der Waals surface area contributed by atoms with Crippen molar-refractivity contribution in [3.63, 3.8) is 0 Å². The highest BCUT2D eigenvalue weighted by molar-refractivity contribution is 7.99. The summed E-state index contributed by atoms with van der Waals surface area (Å²) in [7, 11) is 0. The maximum atomic E-state index is 11.9. The molecule has 1 aliphatic heterocycles. The monoisotopic (exact) mass is 254 g/mol. The Labute approximate surface area is 102 Å². The molecule has 2 heterocycles. The summed E-state index contributed by atoms with van der Waals surface area (Å²) in [4.78, 5) is 14.8. The lowest BCUT2D eigenvalue weighted by Gasteiger charge is -2.10. The van der Waals surface area contributed by atoms with Gasteiger partial charge in [0, 0.05) is 0 Å². The second-order valence-corrected chi connectivity index (χ2v) is 5.60. The number of halogens is 1. The second kappa shape index (κ2) is 3.86. The highest BCUT2D eigenvalue weighted by Crippen LogP contribution is 2.37. The van der Waals surface area contributed by atoms with Gasteiger partial charge in [-0.3, -0.25) is 4.57 Å². The highest BCUT2D eigenvalue weighted by atomic mass is 35.5. The minimum atomic E-state index is -0.0532. The number of fused-ring (bicyclic) bond motifs is 1. The van der Waals surface area contributed by atoms with Gasteiger partial charge in [0.05, 0.1) is 21.4 Å². The molecule has 0 bridgehead atoms. The van der Waals surface area contributed by atoms with Crippen LogP contribution in [0.1, 0.15) is 18.2 Å². The van der Waals surface area contributed by atoms with Crippen LogP contribution >= 0.6 is 23.4 Å². The summed E-state index contributed by atoms with van der Waals surface area (Å²) in [6.45, 7) is 0.